The second kappa shape index (κ2) is 6.55. The van der Waals surface area contributed by atoms with Crippen molar-refractivity contribution in [3.8, 4) is 0 Å². The molecule has 98 valence electrons. The van der Waals surface area contributed by atoms with Gasteiger partial charge in [-0.15, -0.1) is 0 Å². The first-order valence-corrected chi connectivity index (χ1v) is 6.75. The molecular formula is C15H21NO2. The van der Waals surface area contributed by atoms with Gasteiger partial charge in [0.2, 0.25) is 5.91 Å². The van der Waals surface area contributed by atoms with E-state index in [9.17, 15) is 4.79 Å². The van der Waals surface area contributed by atoms with E-state index in [1.165, 1.54) is 0 Å². The van der Waals surface area contributed by atoms with Crippen molar-refractivity contribution in [2.24, 2.45) is 0 Å². The molecule has 1 amide bonds. The maximum absolute atomic E-state index is 12.0. The van der Waals surface area contributed by atoms with Crippen LogP contribution < -0.4 is 0 Å². The second-order valence-electron chi connectivity index (χ2n) is 4.71. The summed E-state index contributed by atoms with van der Waals surface area (Å²) in [7, 11) is 0. The van der Waals surface area contributed by atoms with Gasteiger partial charge in [0.25, 0.3) is 0 Å². The lowest BCUT2D eigenvalue weighted by Crippen LogP contribution is -2.42. The summed E-state index contributed by atoms with van der Waals surface area (Å²) >= 11 is 0. The van der Waals surface area contributed by atoms with Gasteiger partial charge in [-0.3, -0.25) is 4.79 Å². The Morgan fingerprint density at radius 2 is 2.17 bits per heavy atom. The van der Waals surface area contributed by atoms with Gasteiger partial charge in [-0.25, -0.2) is 0 Å². The van der Waals surface area contributed by atoms with Crippen molar-refractivity contribution >= 4 is 5.91 Å². The quantitative estimate of drug-likeness (QED) is 0.818. The van der Waals surface area contributed by atoms with Crippen LogP contribution in [-0.2, 0) is 9.53 Å². The Morgan fingerprint density at radius 3 is 2.89 bits per heavy atom. The number of amides is 1. The molecule has 0 radical (unpaired) electrons. The summed E-state index contributed by atoms with van der Waals surface area (Å²) in [6.45, 7) is 4.16. The van der Waals surface area contributed by atoms with E-state index in [1.54, 1.807) is 0 Å². The topological polar surface area (TPSA) is 29.5 Å². The SMILES string of the molecule is CCCCC(=O)N1CCO[C@@H](c2ccccc2)C1. The zero-order valence-electron chi connectivity index (χ0n) is 11.0. The molecule has 0 N–H and O–H groups in total. The zero-order valence-corrected chi connectivity index (χ0v) is 11.0. The van der Waals surface area contributed by atoms with Crippen LogP contribution in [0.2, 0.25) is 0 Å². The van der Waals surface area contributed by atoms with Gasteiger partial charge in [-0.1, -0.05) is 43.7 Å². The minimum Gasteiger partial charge on any atom is -0.370 e. The number of ether oxygens (including phenoxy) is 1. The summed E-state index contributed by atoms with van der Waals surface area (Å²) in [5.74, 6) is 0.265. The average Bonchev–Trinajstić information content (AvgIpc) is 2.46. The Kier molecular flexibility index (Phi) is 4.76. The van der Waals surface area contributed by atoms with Crippen molar-refractivity contribution in [3.63, 3.8) is 0 Å². The number of unbranched alkanes of at least 4 members (excludes halogenated alkanes) is 1. The Hall–Kier alpha value is -1.35. The molecule has 0 unspecified atom stereocenters. The largest absolute Gasteiger partial charge is 0.370 e. The van der Waals surface area contributed by atoms with Crippen LogP contribution in [0, 0.1) is 0 Å². The minimum absolute atomic E-state index is 0.0329. The van der Waals surface area contributed by atoms with E-state index in [-0.39, 0.29) is 12.0 Å². The van der Waals surface area contributed by atoms with Gasteiger partial charge in [0.1, 0.15) is 6.10 Å². The summed E-state index contributed by atoms with van der Waals surface area (Å²) in [5, 5.41) is 0. The highest BCUT2D eigenvalue weighted by atomic mass is 16.5. The summed E-state index contributed by atoms with van der Waals surface area (Å²) in [6.07, 6.45) is 2.74. The first kappa shape index (κ1) is 13.1. The molecule has 2 rings (SSSR count). The molecule has 1 heterocycles. The molecule has 1 fully saturated rings. The first-order valence-electron chi connectivity index (χ1n) is 6.75. The Morgan fingerprint density at radius 1 is 1.39 bits per heavy atom. The lowest BCUT2D eigenvalue weighted by molar-refractivity contribution is -0.139. The van der Waals surface area contributed by atoms with Gasteiger partial charge in [0.05, 0.1) is 13.2 Å². The normalized spacial score (nSPS) is 19.8. The third kappa shape index (κ3) is 3.33. The molecule has 18 heavy (non-hydrogen) atoms. The van der Waals surface area contributed by atoms with Crippen LogP contribution in [0.25, 0.3) is 0 Å². The van der Waals surface area contributed by atoms with Crippen molar-refractivity contribution in [3.05, 3.63) is 35.9 Å². The van der Waals surface area contributed by atoms with E-state index in [1.807, 2.05) is 23.1 Å². The summed E-state index contributed by atoms with van der Waals surface area (Å²) in [4.78, 5) is 13.9. The molecule has 0 bridgehead atoms. The predicted molar refractivity (Wildman–Crippen MR) is 71.2 cm³/mol. The van der Waals surface area contributed by atoms with Gasteiger partial charge in [-0.2, -0.15) is 0 Å². The van der Waals surface area contributed by atoms with E-state index in [0.717, 1.165) is 24.9 Å². The molecule has 1 aromatic carbocycles. The van der Waals surface area contributed by atoms with E-state index in [0.29, 0.717) is 19.6 Å². The van der Waals surface area contributed by atoms with Crippen molar-refractivity contribution in [1.82, 2.24) is 4.90 Å². The van der Waals surface area contributed by atoms with Crippen molar-refractivity contribution in [2.45, 2.75) is 32.3 Å². The van der Waals surface area contributed by atoms with Gasteiger partial charge < -0.3 is 9.64 Å². The fourth-order valence-electron chi connectivity index (χ4n) is 2.23. The smallest absolute Gasteiger partial charge is 0.222 e. The number of nitrogens with zero attached hydrogens (tertiary/aromatic N) is 1. The molecule has 0 aromatic heterocycles. The van der Waals surface area contributed by atoms with Crippen molar-refractivity contribution in [2.75, 3.05) is 19.7 Å². The molecule has 1 aromatic rings. The number of rotatable bonds is 4. The average molecular weight is 247 g/mol. The maximum Gasteiger partial charge on any atom is 0.222 e. The number of carbonyl (C=O) groups excluding carboxylic acids is 1. The highest BCUT2D eigenvalue weighted by Gasteiger charge is 2.24. The molecule has 1 aliphatic heterocycles. The first-order chi connectivity index (χ1) is 8.81. The van der Waals surface area contributed by atoms with Crippen LogP contribution in [0.15, 0.2) is 30.3 Å². The van der Waals surface area contributed by atoms with Crippen LogP contribution in [-0.4, -0.2) is 30.5 Å². The van der Waals surface area contributed by atoms with Gasteiger partial charge in [-0.05, 0) is 12.0 Å². The molecule has 0 spiro atoms. The Bertz CT molecular complexity index is 377. The third-order valence-electron chi connectivity index (χ3n) is 3.33. The zero-order chi connectivity index (χ0) is 12.8. The summed E-state index contributed by atoms with van der Waals surface area (Å²) in [6, 6.07) is 10.1. The highest BCUT2D eigenvalue weighted by Crippen LogP contribution is 2.22. The monoisotopic (exact) mass is 247 g/mol. The van der Waals surface area contributed by atoms with Crippen LogP contribution in [0.1, 0.15) is 37.9 Å². The highest BCUT2D eigenvalue weighted by molar-refractivity contribution is 5.76. The Balaban J connectivity index is 1.94. The lowest BCUT2D eigenvalue weighted by atomic mass is 10.1. The summed E-state index contributed by atoms with van der Waals surface area (Å²) in [5.41, 5.74) is 1.16. The van der Waals surface area contributed by atoms with E-state index < -0.39 is 0 Å². The molecule has 3 heteroatoms. The minimum atomic E-state index is 0.0329. The van der Waals surface area contributed by atoms with Gasteiger partial charge >= 0.3 is 0 Å². The molecule has 1 saturated heterocycles. The van der Waals surface area contributed by atoms with Gasteiger partial charge in [0.15, 0.2) is 0 Å². The van der Waals surface area contributed by atoms with Crippen LogP contribution in [0.4, 0.5) is 0 Å². The molecule has 1 atom stereocenters. The standard InChI is InChI=1S/C15H21NO2/c1-2-3-9-15(17)16-10-11-18-14(12-16)13-7-5-4-6-8-13/h4-8,14H,2-3,9-12H2,1H3/t14-/m1/s1. The number of benzene rings is 1. The molecule has 3 nitrogen and oxygen atoms in total. The maximum atomic E-state index is 12.0. The van der Waals surface area contributed by atoms with Crippen molar-refractivity contribution in [1.29, 1.82) is 0 Å². The number of morpholine rings is 1. The lowest BCUT2D eigenvalue weighted by Gasteiger charge is -2.33. The molecule has 0 saturated carbocycles. The van der Waals surface area contributed by atoms with E-state index >= 15 is 0 Å². The number of hydrogen-bond acceptors (Lipinski definition) is 2. The fraction of sp³-hybridized carbons (Fsp3) is 0.533. The van der Waals surface area contributed by atoms with Crippen LogP contribution in [0.3, 0.4) is 0 Å². The number of carbonyl (C=O) groups is 1. The second-order valence-corrected chi connectivity index (χ2v) is 4.71. The Labute approximate surface area is 109 Å². The molecule has 0 aliphatic carbocycles. The number of hydrogen-bond donors (Lipinski definition) is 0. The fourth-order valence-corrected chi connectivity index (χ4v) is 2.23. The van der Waals surface area contributed by atoms with Crippen LogP contribution >= 0.6 is 0 Å². The van der Waals surface area contributed by atoms with E-state index in [2.05, 4.69) is 19.1 Å². The molecule has 1 aliphatic rings. The predicted octanol–water partition coefficient (Wildman–Crippen LogP) is 2.78. The van der Waals surface area contributed by atoms with Gasteiger partial charge in [0, 0.05) is 13.0 Å². The van der Waals surface area contributed by atoms with E-state index in [4.69, 9.17) is 4.74 Å². The van der Waals surface area contributed by atoms with Crippen molar-refractivity contribution < 1.29 is 9.53 Å². The molecular weight excluding hydrogens is 226 g/mol. The third-order valence-corrected chi connectivity index (χ3v) is 3.33. The summed E-state index contributed by atoms with van der Waals surface area (Å²) < 4.78 is 5.75. The van der Waals surface area contributed by atoms with Crippen LogP contribution in [0.5, 0.6) is 0 Å².